The molecular formula is C21H24Cl2N2O4S. The quantitative estimate of drug-likeness (QED) is 0.617. The number of nitrogens with one attached hydrogen (secondary N) is 2. The van der Waals surface area contributed by atoms with Gasteiger partial charge in [0.25, 0.3) is 0 Å². The van der Waals surface area contributed by atoms with Crippen molar-refractivity contribution in [2.45, 2.75) is 29.6 Å². The molecule has 0 aliphatic carbocycles. The molecule has 2 aromatic carbocycles. The highest BCUT2D eigenvalue weighted by Gasteiger charge is 2.34. The number of sulfonamides is 1. The third kappa shape index (κ3) is 5.95. The first-order chi connectivity index (χ1) is 14.3. The Hall–Kier alpha value is -1.64. The van der Waals surface area contributed by atoms with E-state index in [9.17, 15) is 13.2 Å². The first-order valence-corrected chi connectivity index (χ1v) is 11.9. The number of halogens is 2. The first kappa shape index (κ1) is 23.0. The molecule has 0 spiro atoms. The van der Waals surface area contributed by atoms with E-state index in [2.05, 4.69) is 10.0 Å². The van der Waals surface area contributed by atoms with Crippen LogP contribution in [0, 0.1) is 0 Å². The van der Waals surface area contributed by atoms with Crippen molar-refractivity contribution in [2.75, 3.05) is 26.3 Å². The van der Waals surface area contributed by atoms with Gasteiger partial charge in [-0.15, -0.1) is 0 Å². The summed E-state index contributed by atoms with van der Waals surface area (Å²) in [5.41, 5.74) is 0.885. The summed E-state index contributed by atoms with van der Waals surface area (Å²) in [5.74, 6) is -0.219. The maximum Gasteiger partial charge on any atom is 0.240 e. The molecule has 0 saturated carbocycles. The van der Waals surface area contributed by atoms with Gasteiger partial charge in [-0.25, -0.2) is 13.1 Å². The van der Waals surface area contributed by atoms with Gasteiger partial charge in [0.2, 0.25) is 15.9 Å². The van der Waals surface area contributed by atoms with Crippen LogP contribution in [-0.2, 0) is 25.0 Å². The third-order valence-corrected chi connectivity index (χ3v) is 7.23. The zero-order valence-electron chi connectivity index (χ0n) is 16.4. The summed E-state index contributed by atoms with van der Waals surface area (Å²) in [7, 11) is -3.72. The minimum absolute atomic E-state index is 0.00225. The van der Waals surface area contributed by atoms with E-state index in [1.165, 1.54) is 12.1 Å². The maximum absolute atomic E-state index is 12.4. The Balaban J connectivity index is 1.55. The normalized spacial score (nSPS) is 16.2. The summed E-state index contributed by atoms with van der Waals surface area (Å²) in [6, 6.07) is 13.6. The van der Waals surface area contributed by atoms with E-state index in [1.807, 2.05) is 24.3 Å². The molecule has 0 aromatic heterocycles. The molecule has 0 unspecified atom stereocenters. The second-order valence-corrected chi connectivity index (χ2v) is 9.92. The minimum Gasteiger partial charge on any atom is -0.381 e. The zero-order valence-corrected chi connectivity index (χ0v) is 18.7. The highest BCUT2D eigenvalue weighted by molar-refractivity contribution is 7.89. The molecule has 0 bridgehead atoms. The van der Waals surface area contributed by atoms with Crippen LogP contribution in [0.1, 0.15) is 24.8 Å². The summed E-state index contributed by atoms with van der Waals surface area (Å²) >= 11 is 11.9. The number of carbonyl (C=O) groups is 1. The lowest BCUT2D eigenvalue weighted by Crippen LogP contribution is -2.45. The highest BCUT2D eigenvalue weighted by Crippen LogP contribution is 2.34. The van der Waals surface area contributed by atoms with Gasteiger partial charge in [-0.2, -0.15) is 0 Å². The average molecular weight is 471 g/mol. The van der Waals surface area contributed by atoms with Crippen LogP contribution < -0.4 is 10.0 Å². The largest absolute Gasteiger partial charge is 0.381 e. The molecule has 0 atom stereocenters. The summed E-state index contributed by atoms with van der Waals surface area (Å²) in [6.07, 6.45) is 1.61. The van der Waals surface area contributed by atoms with Crippen LogP contribution in [0.3, 0.4) is 0 Å². The molecule has 2 aromatic rings. The second-order valence-electron chi connectivity index (χ2n) is 7.28. The van der Waals surface area contributed by atoms with Gasteiger partial charge in [0.05, 0.1) is 4.90 Å². The van der Waals surface area contributed by atoms with Gasteiger partial charge in [-0.05, 0) is 48.7 Å². The smallest absolute Gasteiger partial charge is 0.240 e. The Labute approximate surface area is 187 Å². The molecule has 3 rings (SSSR count). The fraction of sp³-hybridized carbons (Fsp3) is 0.381. The number of hydrogen-bond acceptors (Lipinski definition) is 4. The van der Waals surface area contributed by atoms with Crippen molar-refractivity contribution in [1.29, 1.82) is 0 Å². The SMILES string of the molecule is O=C(CCNS(=O)(=O)c1cccc(Cl)c1)NCC1(c2ccc(Cl)cc2)CCOCC1. The van der Waals surface area contributed by atoms with E-state index >= 15 is 0 Å². The molecule has 2 N–H and O–H groups in total. The average Bonchev–Trinajstić information content (AvgIpc) is 2.73. The van der Waals surface area contributed by atoms with Crippen molar-refractivity contribution in [2.24, 2.45) is 0 Å². The number of benzene rings is 2. The summed E-state index contributed by atoms with van der Waals surface area (Å²) in [6.45, 7) is 1.70. The topological polar surface area (TPSA) is 84.5 Å². The van der Waals surface area contributed by atoms with E-state index in [-0.39, 0.29) is 29.2 Å². The summed E-state index contributed by atoms with van der Waals surface area (Å²) in [4.78, 5) is 12.4. The molecule has 1 amide bonds. The zero-order chi connectivity index (χ0) is 21.6. The lowest BCUT2D eigenvalue weighted by Gasteiger charge is -2.38. The van der Waals surface area contributed by atoms with Gasteiger partial charge in [-0.3, -0.25) is 4.79 Å². The van der Waals surface area contributed by atoms with Crippen molar-refractivity contribution in [3.8, 4) is 0 Å². The summed E-state index contributed by atoms with van der Waals surface area (Å²) < 4.78 is 32.6. The molecule has 30 heavy (non-hydrogen) atoms. The fourth-order valence-corrected chi connectivity index (χ4v) is 4.96. The van der Waals surface area contributed by atoms with E-state index in [0.717, 1.165) is 18.4 Å². The highest BCUT2D eigenvalue weighted by atomic mass is 35.5. The molecular weight excluding hydrogens is 447 g/mol. The molecule has 1 fully saturated rings. The molecule has 0 radical (unpaired) electrons. The van der Waals surface area contributed by atoms with Gasteiger partial charge in [0.15, 0.2) is 0 Å². The Morgan fingerprint density at radius 2 is 1.73 bits per heavy atom. The molecule has 162 valence electrons. The Kier molecular flexibility index (Phi) is 7.76. The molecule has 1 aliphatic heterocycles. The van der Waals surface area contributed by atoms with E-state index < -0.39 is 10.0 Å². The van der Waals surface area contributed by atoms with Gasteiger partial charge in [0, 0.05) is 48.2 Å². The standard InChI is InChI=1S/C21H24Cl2N2O4S/c22-17-6-4-16(5-7-17)21(9-12-29-13-10-21)15-24-20(26)8-11-25-30(27,28)19-3-1-2-18(23)14-19/h1-7,14,25H,8-13,15H2,(H,24,26). The molecule has 9 heteroatoms. The Morgan fingerprint density at radius 3 is 2.40 bits per heavy atom. The van der Waals surface area contributed by atoms with Crippen LogP contribution in [0.15, 0.2) is 53.4 Å². The van der Waals surface area contributed by atoms with Gasteiger partial charge in [-0.1, -0.05) is 41.4 Å². The molecule has 1 saturated heterocycles. The van der Waals surface area contributed by atoms with Crippen LogP contribution >= 0.6 is 23.2 Å². The second kappa shape index (κ2) is 10.1. The van der Waals surface area contributed by atoms with Gasteiger partial charge < -0.3 is 10.1 Å². The number of amides is 1. The lowest BCUT2D eigenvalue weighted by molar-refractivity contribution is -0.121. The third-order valence-electron chi connectivity index (χ3n) is 5.28. The van der Waals surface area contributed by atoms with Crippen LogP contribution in [0.25, 0.3) is 0 Å². The van der Waals surface area contributed by atoms with Crippen LogP contribution in [0.5, 0.6) is 0 Å². The number of rotatable bonds is 8. The van der Waals surface area contributed by atoms with Crippen LogP contribution in [0.2, 0.25) is 10.0 Å². The van der Waals surface area contributed by atoms with Crippen molar-refractivity contribution in [3.63, 3.8) is 0 Å². The molecule has 1 aliphatic rings. The van der Waals surface area contributed by atoms with Crippen LogP contribution in [0.4, 0.5) is 0 Å². The van der Waals surface area contributed by atoms with Crippen molar-refractivity contribution < 1.29 is 17.9 Å². The first-order valence-electron chi connectivity index (χ1n) is 9.67. The number of hydrogen-bond donors (Lipinski definition) is 2. The number of ether oxygens (including phenoxy) is 1. The Morgan fingerprint density at radius 1 is 1.03 bits per heavy atom. The van der Waals surface area contributed by atoms with Crippen molar-refractivity contribution in [1.82, 2.24) is 10.0 Å². The Bertz CT molecular complexity index is 975. The van der Waals surface area contributed by atoms with Crippen LogP contribution in [-0.4, -0.2) is 40.6 Å². The predicted octanol–water partition coefficient (Wildman–Crippen LogP) is 3.53. The fourth-order valence-electron chi connectivity index (χ4n) is 3.51. The van der Waals surface area contributed by atoms with Gasteiger partial charge >= 0.3 is 0 Å². The minimum atomic E-state index is -3.72. The molecule has 6 nitrogen and oxygen atoms in total. The maximum atomic E-state index is 12.4. The predicted molar refractivity (Wildman–Crippen MR) is 117 cm³/mol. The van der Waals surface area contributed by atoms with Crippen molar-refractivity contribution >= 4 is 39.1 Å². The monoisotopic (exact) mass is 470 g/mol. The number of carbonyl (C=O) groups excluding carboxylic acids is 1. The van der Waals surface area contributed by atoms with E-state index in [0.29, 0.717) is 29.8 Å². The van der Waals surface area contributed by atoms with Crippen molar-refractivity contribution in [3.05, 3.63) is 64.1 Å². The molecule has 1 heterocycles. The lowest BCUT2D eigenvalue weighted by atomic mass is 9.74. The van der Waals surface area contributed by atoms with E-state index in [1.54, 1.807) is 12.1 Å². The van der Waals surface area contributed by atoms with E-state index in [4.69, 9.17) is 27.9 Å². The summed E-state index contributed by atoms with van der Waals surface area (Å²) in [5, 5.41) is 3.95. The van der Waals surface area contributed by atoms with Gasteiger partial charge in [0.1, 0.15) is 0 Å².